The summed E-state index contributed by atoms with van der Waals surface area (Å²) in [4.78, 5) is 0. The molecule has 1 saturated heterocycles. The van der Waals surface area contributed by atoms with E-state index in [4.69, 9.17) is 9.47 Å². The molecule has 2 atom stereocenters. The predicted molar refractivity (Wildman–Crippen MR) is 71.2 cm³/mol. The largest absolute Gasteiger partial charge is 0.392 e. The van der Waals surface area contributed by atoms with E-state index in [0.717, 1.165) is 19.3 Å². The quantitative estimate of drug-likeness (QED) is 0.770. The van der Waals surface area contributed by atoms with Crippen molar-refractivity contribution in [1.82, 2.24) is 0 Å². The van der Waals surface area contributed by atoms with E-state index >= 15 is 0 Å². The van der Waals surface area contributed by atoms with E-state index in [-0.39, 0.29) is 10.8 Å². The van der Waals surface area contributed by atoms with Crippen molar-refractivity contribution < 1.29 is 14.6 Å². The molecule has 1 aliphatic carbocycles. The van der Waals surface area contributed by atoms with Gasteiger partial charge in [-0.05, 0) is 25.2 Å². The van der Waals surface area contributed by atoms with Gasteiger partial charge in [-0.25, -0.2) is 0 Å². The molecular weight excluding hydrogens is 228 g/mol. The number of ether oxygens (including phenoxy) is 2. The van der Waals surface area contributed by atoms with Crippen LogP contribution in [0.1, 0.15) is 47.0 Å². The fourth-order valence-corrected chi connectivity index (χ4v) is 3.56. The average Bonchev–Trinajstić information content (AvgIpc) is 2.82. The van der Waals surface area contributed by atoms with E-state index in [9.17, 15) is 5.11 Å². The van der Waals surface area contributed by atoms with Gasteiger partial charge in [0.05, 0.1) is 19.3 Å². The van der Waals surface area contributed by atoms with Crippen LogP contribution in [-0.4, -0.2) is 30.2 Å². The van der Waals surface area contributed by atoms with Crippen LogP contribution < -0.4 is 0 Å². The van der Waals surface area contributed by atoms with Crippen molar-refractivity contribution in [3.8, 4) is 0 Å². The van der Waals surface area contributed by atoms with Crippen molar-refractivity contribution in [2.24, 2.45) is 10.8 Å². The topological polar surface area (TPSA) is 38.7 Å². The Morgan fingerprint density at radius 1 is 1.17 bits per heavy atom. The molecular formula is C15H26O3. The summed E-state index contributed by atoms with van der Waals surface area (Å²) in [6.07, 6.45) is 6.48. The van der Waals surface area contributed by atoms with Gasteiger partial charge < -0.3 is 14.6 Å². The Bertz CT molecular complexity index is 329. The Balaban J connectivity index is 2.24. The molecule has 0 aromatic heterocycles. The minimum absolute atomic E-state index is 0.0867. The second-order valence-corrected chi connectivity index (χ2v) is 6.50. The Morgan fingerprint density at radius 3 is 2.33 bits per heavy atom. The van der Waals surface area contributed by atoms with Crippen LogP contribution in [0.2, 0.25) is 0 Å². The van der Waals surface area contributed by atoms with Crippen molar-refractivity contribution in [1.29, 1.82) is 0 Å². The van der Waals surface area contributed by atoms with Crippen LogP contribution >= 0.6 is 0 Å². The smallest absolute Gasteiger partial charge is 0.176 e. The number of allylic oxidation sites excluding steroid dienone is 2. The summed E-state index contributed by atoms with van der Waals surface area (Å²) in [6, 6.07) is 0. The van der Waals surface area contributed by atoms with Crippen molar-refractivity contribution in [2.45, 2.75) is 58.8 Å². The van der Waals surface area contributed by atoms with Crippen LogP contribution in [0, 0.1) is 10.8 Å². The minimum atomic E-state index is -0.581. The summed E-state index contributed by atoms with van der Waals surface area (Å²) in [5, 5.41) is 10.8. The van der Waals surface area contributed by atoms with Crippen LogP contribution in [0.5, 0.6) is 0 Å². The number of rotatable bonds is 2. The molecule has 0 bridgehead atoms. The first-order chi connectivity index (χ1) is 8.38. The molecule has 1 heterocycles. The zero-order valence-electron chi connectivity index (χ0n) is 12.0. The molecule has 1 saturated carbocycles. The summed E-state index contributed by atoms with van der Waals surface area (Å²) in [5.74, 6) is -0.581. The fraction of sp³-hybridized carbons (Fsp3) is 0.867. The van der Waals surface area contributed by atoms with Gasteiger partial charge >= 0.3 is 0 Å². The van der Waals surface area contributed by atoms with Crippen LogP contribution in [0.4, 0.5) is 0 Å². The highest BCUT2D eigenvalue weighted by Gasteiger charge is 2.61. The standard InChI is InChI=1S/C15H26O3/c1-5-6-7-14(4)8-9-15(17-10-11-18-15)13(2,3)12(14)16/h5-6,12,16H,7-11H2,1-4H3/b6-5+. The van der Waals surface area contributed by atoms with Crippen LogP contribution in [0.25, 0.3) is 0 Å². The summed E-state index contributed by atoms with van der Waals surface area (Å²) >= 11 is 0. The minimum Gasteiger partial charge on any atom is -0.392 e. The third-order valence-corrected chi connectivity index (χ3v) is 4.92. The highest BCUT2D eigenvalue weighted by atomic mass is 16.7. The second-order valence-electron chi connectivity index (χ2n) is 6.50. The van der Waals surface area contributed by atoms with Gasteiger partial charge in [-0.2, -0.15) is 0 Å². The second kappa shape index (κ2) is 4.62. The monoisotopic (exact) mass is 254 g/mol. The number of aliphatic hydroxyl groups excluding tert-OH is 1. The highest BCUT2D eigenvalue weighted by molar-refractivity contribution is 5.07. The molecule has 3 nitrogen and oxygen atoms in total. The van der Waals surface area contributed by atoms with Gasteiger partial charge in [0.15, 0.2) is 5.79 Å². The van der Waals surface area contributed by atoms with E-state index in [1.165, 1.54) is 0 Å². The lowest BCUT2D eigenvalue weighted by Crippen LogP contribution is -2.61. The van der Waals surface area contributed by atoms with Crippen molar-refractivity contribution in [2.75, 3.05) is 13.2 Å². The molecule has 2 rings (SSSR count). The molecule has 104 valence electrons. The van der Waals surface area contributed by atoms with E-state index < -0.39 is 11.9 Å². The Kier molecular flexibility index (Phi) is 3.60. The molecule has 2 fully saturated rings. The SMILES string of the molecule is C/C=C/CC1(C)CCC2(OCCO2)C(C)(C)C1O. The first-order valence-electron chi connectivity index (χ1n) is 6.95. The zero-order valence-corrected chi connectivity index (χ0v) is 12.0. The molecule has 2 unspecified atom stereocenters. The molecule has 3 heteroatoms. The average molecular weight is 254 g/mol. The van der Waals surface area contributed by atoms with Gasteiger partial charge in [0.2, 0.25) is 0 Å². The molecule has 0 amide bonds. The molecule has 1 aliphatic heterocycles. The van der Waals surface area contributed by atoms with E-state index in [1.54, 1.807) is 0 Å². The van der Waals surface area contributed by atoms with Gasteiger partial charge in [-0.15, -0.1) is 0 Å². The third-order valence-electron chi connectivity index (χ3n) is 4.92. The fourth-order valence-electron chi connectivity index (χ4n) is 3.56. The lowest BCUT2D eigenvalue weighted by atomic mass is 9.58. The number of hydrogen-bond donors (Lipinski definition) is 1. The van der Waals surface area contributed by atoms with E-state index in [0.29, 0.717) is 13.2 Å². The summed E-state index contributed by atoms with van der Waals surface area (Å²) in [6.45, 7) is 9.60. The summed E-state index contributed by atoms with van der Waals surface area (Å²) in [7, 11) is 0. The molecule has 0 aromatic carbocycles. The Labute approximate surface area is 110 Å². The van der Waals surface area contributed by atoms with Gasteiger partial charge in [0.1, 0.15) is 0 Å². The van der Waals surface area contributed by atoms with E-state index in [2.05, 4.69) is 32.9 Å². The highest BCUT2D eigenvalue weighted by Crippen LogP contribution is 2.56. The normalized spacial score (nSPS) is 38.6. The predicted octanol–water partition coefficient (Wildman–Crippen LogP) is 2.88. The maximum Gasteiger partial charge on any atom is 0.176 e. The number of hydrogen-bond acceptors (Lipinski definition) is 3. The first kappa shape index (κ1) is 14.0. The molecule has 1 spiro atoms. The maximum absolute atomic E-state index is 10.8. The molecule has 18 heavy (non-hydrogen) atoms. The van der Waals surface area contributed by atoms with Gasteiger partial charge in [0, 0.05) is 11.8 Å². The lowest BCUT2D eigenvalue weighted by Gasteiger charge is -2.55. The van der Waals surface area contributed by atoms with Gasteiger partial charge in [-0.3, -0.25) is 0 Å². The van der Waals surface area contributed by atoms with Crippen LogP contribution in [0.15, 0.2) is 12.2 Å². The van der Waals surface area contributed by atoms with Crippen LogP contribution in [0.3, 0.4) is 0 Å². The van der Waals surface area contributed by atoms with Gasteiger partial charge in [0.25, 0.3) is 0 Å². The number of aliphatic hydroxyl groups is 1. The lowest BCUT2D eigenvalue weighted by molar-refractivity contribution is -0.296. The Hall–Kier alpha value is -0.380. The Morgan fingerprint density at radius 2 is 1.78 bits per heavy atom. The molecule has 0 aromatic rings. The first-order valence-corrected chi connectivity index (χ1v) is 6.95. The molecule has 1 N–H and O–H groups in total. The summed E-state index contributed by atoms with van der Waals surface area (Å²) < 4.78 is 11.7. The third kappa shape index (κ3) is 1.93. The summed E-state index contributed by atoms with van der Waals surface area (Å²) in [5.41, 5.74) is -0.464. The van der Waals surface area contributed by atoms with Crippen LogP contribution in [-0.2, 0) is 9.47 Å². The molecule has 2 aliphatic rings. The zero-order chi connectivity index (χ0) is 13.4. The molecule has 0 radical (unpaired) electrons. The maximum atomic E-state index is 10.8. The van der Waals surface area contributed by atoms with Crippen molar-refractivity contribution in [3.63, 3.8) is 0 Å². The van der Waals surface area contributed by atoms with Gasteiger partial charge in [-0.1, -0.05) is 32.9 Å². The van der Waals surface area contributed by atoms with E-state index in [1.807, 2.05) is 6.92 Å². The van der Waals surface area contributed by atoms with Crippen molar-refractivity contribution >= 4 is 0 Å². The van der Waals surface area contributed by atoms with Crippen molar-refractivity contribution in [3.05, 3.63) is 12.2 Å².